The second-order valence-electron chi connectivity index (χ2n) is 4.07. The first kappa shape index (κ1) is 16.0. The fourth-order valence-corrected chi connectivity index (χ4v) is 2.97. The maximum absolute atomic E-state index is 11.8. The Balaban J connectivity index is 2.98. The molecule has 1 N–H and O–H groups in total. The Labute approximate surface area is 122 Å². The summed E-state index contributed by atoms with van der Waals surface area (Å²) >= 11 is 3.29. The molecule has 0 bridgehead atoms. The van der Waals surface area contributed by atoms with Gasteiger partial charge in [-0.05, 0) is 34.5 Å². The molecule has 0 fully saturated rings. The van der Waals surface area contributed by atoms with E-state index in [9.17, 15) is 13.2 Å². The van der Waals surface area contributed by atoms with Gasteiger partial charge in [0.1, 0.15) is 6.54 Å². The lowest BCUT2D eigenvalue weighted by atomic mass is 10.3. The van der Waals surface area contributed by atoms with E-state index in [1.807, 2.05) is 6.92 Å². The lowest BCUT2D eigenvalue weighted by Gasteiger charge is -2.22. The van der Waals surface area contributed by atoms with Crippen molar-refractivity contribution in [2.45, 2.75) is 13.3 Å². The van der Waals surface area contributed by atoms with Crippen molar-refractivity contribution in [1.29, 1.82) is 0 Å². The summed E-state index contributed by atoms with van der Waals surface area (Å²) in [5.74, 6) is -0.317. The molecule has 0 atom stereocenters. The number of hydrogen-bond acceptors (Lipinski definition) is 3. The zero-order chi connectivity index (χ0) is 14.5. The Morgan fingerprint density at radius 3 is 2.53 bits per heavy atom. The average Bonchev–Trinajstić information content (AvgIpc) is 2.33. The fourth-order valence-electron chi connectivity index (χ4n) is 1.49. The van der Waals surface area contributed by atoms with E-state index in [2.05, 4.69) is 21.2 Å². The standard InChI is InChI=1S/C12H17BrN2O3S/c1-3-8-14-12(16)9-15(19(2,17)18)11-7-5-4-6-10(11)13/h4-7H,3,8-9H2,1-2H3,(H,14,16). The van der Waals surface area contributed by atoms with E-state index in [0.29, 0.717) is 16.7 Å². The number of anilines is 1. The number of carbonyl (C=O) groups is 1. The summed E-state index contributed by atoms with van der Waals surface area (Å²) in [6.45, 7) is 2.25. The van der Waals surface area contributed by atoms with Gasteiger partial charge in [-0.15, -0.1) is 0 Å². The first-order chi connectivity index (χ1) is 8.86. The molecule has 106 valence electrons. The largest absolute Gasteiger partial charge is 0.355 e. The van der Waals surface area contributed by atoms with Gasteiger partial charge in [-0.25, -0.2) is 8.42 Å². The number of nitrogens with one attached hydrogen (secondary N) is 1. The van der Waals surface area contributed by atoms with Gasteiger partial charge in [0.05, 0.1) is 11.9 Å². The van der Waals surface area contributed by atoms with Gasteiger partial charge < -0.3 is 5.32 Å². The van der Waals surface area contributed by atoms with Crippen LogP contribution in [0, 0.1) is 0 Å². The second-order valence-corrected chi connectivity index (χ2v) is 6.83. The van der Waals surface area contributed by atoms with E-state index in [-0.39, 0.29) is 12.5 Å². The molecule has 1 amide bonds. The molecule has 19 heavy (non-hydrogen) atoms. The molecule has 0 aliphatic rings. The number of rotatable bonds is 6. The van der Waals surface area contributed by atoms with Crippen molar-refractivity contribution in [3.05, 3.63) is 28.7 Å². The third-order valence-corrected chi connectivity index (χ3v) is 4.18. The molecule has 0 heterocycles. The van der Waals surface area contributed by atoms with E-state index >= 15 is 0 Å². The monoisotopic (exact) mass is 348 g/mol. The molecule has 0 aromatic heterocycles. The number of sulfonamides is 1. The summed E-state index contributed by atoms with van der Waals surface area (Å²) in [6.07, 6.45) is 1.89. The quantitative estimate of drug-likeness (QED) is 0.851. The maximum Gasteiger partial charge on any atom is 0.240 e. The highest BCUT2D eigenvalue weighted by atomic mass is 79.9. The van der Waals surface area contributed by atoms with Gasteiger partial charge in [0.15, 0.2) is 0 Å². The van der Waals surface area contributed by atoms with E-state index in [1.54, 1.807) is 24.3 Å². The van der Waals surface area contributed by atoms with Gasteiger partial charge >= 0.3 is 0 Å². The topological polar surface area (TPSA) is 66.5 Å². The Morgan fingerprint density at radius 2 is 2.00 bits per heavy atom. The molecule has 0 radical (unpaired) electrons. The zero-order valence-electron chi connectivity index (χ0n) is 10.9. The number of benzene rings is 1. The summed E-state index contributed by atoms with van der Waals surface area (Å²) in [5, 5.41) is 2.66. The lowest BCUT2D eigenvalue weighted by molar-refractivity contribution is -0.119. The number of hydrogen-bond donors (Lipinski definition) is 1. The molecule has 0 saturated heterocycles. The SMILES string of the molecule is CCCNC(=O)CN(c1ccccc1Br)S(C)(=O)=O. The summed E-state index contributed by atoms with van der Waals surface area (Å²) < 4.78 is 25.4. The van der Waals surface area contributed by atoms with E-state index in [0.717, 1.165) is 17.0 Å². The van der Waals surface area contributed by atoms with Crippen LogP contribution in [0.3, 0.4) is 0 Å². The van der Waals surface area contributed by atoms with Gasteiger partial charge in [0.2, 0.25) is 15.9 Å². The molecule has 5 nitrogen and oxygen atoms in total. The molecular formula is C12H17BrN2O3S. The first-order valence-corrected chi connectivity index (χ1v) is 8.49. The molecule has 1 aromatic carbocycles. The second kappa shape index (κ2) is 6.91. The number of halogens is 1. The van der Waals surface area contributed by atoms with E-state index in [1.165, 1.54) is 0 Å². The van der Waals surface area contributed by atoms with Crippen LogP contribution in [0.2, 0.25) is 0 Å². The average molecular weight is 349 g/mol. The van der Waals surface area contributed by atoms with Crippen molar-refractivity contribution in [3.8, 4) is 0 Å². The van der Waals surface area contributed by atoms with Gasteiger partial charge in [-0.3, -0.25) is 9.10 Å². The molecular weight excluding hydrogens is 332 g/mol. The first-order valence-electron chi connectivity index (χ1n) is 5.85. The van der Waals surface area contributed by atoms with Crippen LogP contribution >= 0.6 is 15.9 Å². The minimum atomic E-state index is -3.52. The van der Waals surface area contributed by atoms with Crippen LogP contribution in [0.1, 0.15) is 13.3 Å². The number of amides is 1. The number of nitrogens with zero attached hydrogens (tertiary/aromatic N) is 1. The highest BCUT2D eigenvalue weighted by Gasteiger charge is 2.22. The van der Waals surface area contributed by atoms with Crippen molar-refractivity contribution in [1.82, 2.24) is 5.32 Å². The van der Waals surface area contributed by atoms with Crippen LogP contribution in [0.4, 0.5) is 5.69 Å². The van der Waals surface area contributed by atoms with Crippen LogP contribution in [-0.4, -0.2) is 33.7 Å². The molecule has 0 aliphatic heterocycles. The predicted octanol–water partition coefficient (Wildman–Crippen LogP) is 1.74. The summed E-state index contributed by atoms with van der Waals surface area (Å²) in [4.78, 5) is 11.7. The Hall–Kier alpha value is -1.08. The van der Waals surface area contributed by atoms with Gasteiger partial charge in [-0.2, -0.15) is 0 Å². The third kappa shape index (κ3) is 4.83. The molecule has 0 aliphatic carbocycles. The molecule has 1 aromatic rings. The number of carbonyl (C=O) groups excluding carboxylic acids is 1. The molecule has 1 rings (SSSR count). The minimum absolute atomic E-state index is 0.221. The van der Waals surface area contributed by atoms with Gasteiger partial charge in [0, 0.05) is 11.0 Å². The highest BCUT2D eigenvalue weighted by Crippen LogP contribution is 2.27. The van der Waals surface area contributed by atoms with Crippen molar-refractivity contribution in [2.24, 2.45) is 0 Å². The maximum atomic E-state index is 11.8. The third-order valence-electron chi connectivity index (χ3n) is 2.38. The summed E-state index contributed by atoms with van der Waals surface area (Å²) in [5.41, 5.74) is 0.455. The summed E-state index contributed by atoms with van der Waals surface area (Å²) in [7, 11) is -3.52. The Morgan fingerprint density at radius 1 is 1.37 bits per heavy atom. The van der Waals surface area contributed by atoms with E-state index < -0.39 is 10.0 Å². The smallest absolute Gasteiger partial charge is 0.240 e. The van der Waals surface area contributed by atoms with Crippen LogP contribution < -0.4 is 9.62 Å². The lowest BCUT2D eigenvalue weighted by Crippen LogP contribution is -2.40. The summed E-state index contributed by atoms with van der Waals surface area (Å²) in [6, 6.07) is 6.89. The highest BCUT2D eigenvalue weighted by molar-refractivity contribution is 9.10. The fraction of sp³-hybridized carbons (Fsp3) is 0.417. The van der Waals surface area contributed by atoms with Gasteiger partial charge in [0.25, 0.3) is 0 Å². The predicted molar refractivity (Wildman–Crippen MR) is 79.6 cm³/mol. The minimum Gasteiger partial charge on any atom is -0.355 e. The Kier molecular flexibility index (Phi) is 5.81. The molecule has 0 saturated carbocycles. The van der Waals surface area contributed by atoms with Crippen molar-refractivity contribution >= 4 is 37.5 Å². The van der Waals surface area contributed by atoms with Crippen LogP contribution in [0.15, 0.2) is 28.7 Å². The Bertz CT molecular complexity index is 546. The van der Waals surface area contributed by atoms with E-state index in [4.69, 9.17) is 0 Å². The van der Waals surface area contributed by atoms with Crippen molar-refractivity contribution < 1.29 is 13.2 Å². The number of para-hydroxylation sites is 1. The van der Waals surface area contributed by atoms with Crippen molar-refractivity contribution in [2.75, 3.05) is 23.7 Å². The van der Waals surface area contributed by atoms with Gasteiger partial charge in [-0.1, -0.05) is 19.1 Å². The normalized spacial score (nSPS) is 11.1. The molecule has 0 spiro atoms. The zero-order valence-corrected chi connectivity index (χ0v) is 13.3. The van der Waals surface area contributed by atoms with Crippen LogP contribution in [0.25, 0.3) is 0 Å². The van der Waals surface area contributed by atoms with Crippen molar-refractivity contribution in [3.63, 3.8) is 0 Å². The molecule has 7 heteroatoms. The van der Waals surface area contributed by atoms with Crippen LogP contribution in [-0.2, 0) is 14.8 Å². The van der Waals surface area contributed by atoms with Crippen LogP contribution in [0.5, 0.6) is 0 Å². The molecule has 0 unspecified atom stereocenters.